The van der Waals surface area contributed by atoms with E-state index >= 15 is 0 Å². The molecule has 4 rings (SSSR count). The third-order valence-corrected chi connectivity index (χ3v) is 6.62. The Kier molecular flexibility index (Phi) is 6.98. The van der Waals surface area contributed by atoms with Crippen LogP contribution in [0.25, 0.3) is 10.8 Å². The predicted molar refractivity (Wildman–Crippen MR) is 132 cm³/mol. The van der Waals surface area contributed by atoms with Crippen LogP contribution >= 0.6 is 22.9 Å². The lowest BCUT2D eigenvalue weighted by atomic mass is 9.92. The minimum Gasteiger partial charge on any atom is -0.457 e. The molecule has 0 aliphatic heterocycles. The van der Waals surface area contributed by atoms with Gasteiger partial charge in [-0.15, -0.1) is 11.3 Å². The number of nitriles is 1. The molecule has 4 aromatic rings. The van der Waals surface area contributed by atoms with Crippen molar-refractivity contribution in [2.24, 2.45) is 5.92 Å². The molecule has 0 aliphatic carbocycles. The Morgan fingerprint density at radius 2 is 1.76 bits per heavy atom. The van der Waals surface area contributed by atoms with Gasteiger partial charge < -0.3 is 9.47 Å². The number of thiophene rings is 1. The van der Waals surface area contributed by atoms with Crippen LogP contribution in [0.4, 0.5) is 0 Å². The smallest absolute Gasteiger partial charge is 0.316 e. The molecule has 0 spiro atoms. The molecular weight excluding hydrogens is 454 g/mol. The number of halogens is 1. The maximum atomic E-state index is 13.3. The molecule has 1 heterocycles. The van der Waals surface area contributed by atoms with Gasteiger partial charge >= 0.3 is 5.97 Å². The Balaban J connectivity index is 1.58. The van der Waals surface area contributed by atoms with E-state index in [4.69, 9.17) is 21.1 Å². The number of carbonyl (C=O) groups excluding carboxylic acids is 1. The van der Waals surface area contributed by atoms with Crippen molar-refractivity contribution >= 4 is 39.7 Å². The number of nitrogens with zero attached hydrogens (tertiary/aromatic N) is 1. The minimum absolute atomic E-state index is 0.0228. The molecule has 3 aromatic carbocycles. The van der Waals surface area contributed by atoms with Crippen molar-refractivity contribution in [1.82, 2.24) is 0 Å². The number of rotatable bonds is 7. The van der Waals surface area contributed by atoms with Crippen LogP contribution < -0.4 is 4.74 Å². The number of benzene rings is 3. The van der Waals surface area contributed by atoms with Crippen LogP contribution in [0.3, 0.4) is 0 Å². The molecule has 0 saturated heterocycles. The highest BCUT2D eigenvalue weighted by Gasteiger charge is 2.31. The van der Waals surface area contributed by atoms with Gasteiger partial charge in [-0.25, -0.2) is 0 Å². The summed E-state index contributed by atoms with van der Waals surface area (Å²) in [4.78, 5) is 14.2. The van der Waals surface area contributed by atoms with Crippen molar-refractivity contribution in [3.8, 4) is 17.6 Å². The first kappa shape index (κ1) is 22.8. The van der Waals surface area contributed by atoms with E-state index in [9.17, 15) is 10.1 Å². The quantitative estimate of drug-likeness (QED) is 0.255. The summed E-state index contributed by atoms with van der Waals surface area (Å²) in [6.07, 6.45) is -1.05. The van der Waals surface area contributed by atoms with E-state index < -0.39 is 18.0 Å². The van der Waals surface area contributed by atoms with Gasteiger partial charge in [-0.05, 0) is 58.5 Å². The highest BCUT2D eigenvalue weighted by atomic mass is 35.5. The number of hydrogen-bond acceptors (Lipinski definition) is 5. The van der Waals surface area contributed by atoms with Crippen LogP contribution in [0.2, 0.25) is 5.02 Å². The second kappa shape index (κ2) is 10.1. The van der Waals surface area contributed by atoms with Gasteiger partial charge in [-0.1, -0.05) is 61.8 Å². The molecule has 2 atom stereocenters. The van der Waals surface area contributed by atoms with Gasteiger partial charge in [0, 0.05) is 15.5 Å². The molecule has 0 fully saturated rings. The Labute approximate surface area is 202 Å². The van der Waals surface area contributed by atoms with Crippen molar-refractivity contribution in [2.45, 2.75) is 25.9 Å². The summed E-state index contributed by atoms with van der Waals surface area (Å²) >= 11 is 7.71. The maximum Gasteiger partial charge on any atom is 0.316 e. The lowest BCUT2D eigenvalue weighted by Crippen LogP contribution is -2.22. The summed E-state index contributed by atoms with van der Waals surface area (Å²) in [5.74, 6) is 0.281. The molecule has 6 heteroatoms. The van der Waals surface area contributed by atoms with Crippen molar-refractivity contribution in [3.63, 3.8) is 0 Å². The molecule has 0 radical (unpaired) electrons. The van der Waals surface area contributed by atoms with Gasteiger partial charge in [-0.2, -0.15) is 5.26 Å². The van der Waals surface area contributed by atoms with Gasteiger partial charge in [0.1, 0.15) is 17.6 Å². The molecule has 0 N–H and O–H groups in total. The van der Waals surface area contributed by atoms with Crippen molar-refractivity contribution in [1.29, 1.82) is 5.26 Å². The van der Waals surface area contributed by atoms with E-state index in [1.165, 1.54) is 11.3 Å². The molecule has 2 unspecified atom stereocenters. The fraction of sp³-hybridized carbons (Fsp3) is 0.185. The highest BCUT2D eigenvalue weighted by molar-refractivity contribution is 7.11. The molecular formula is C27H22ClNO3S. The third kappa shape index (κ3) is 5.19. The number of fused-ring (bicyclic) bond motifs is 1. The van der Waals surface area contributed by atoms with E-state index in [0.29, 0.717) is 22.1 Å². The molecule has 166 valence electrons. The monoisotopic (exact) mass is 475 g/mol. The molecule has 0 bridgehead atoms. The summed E-state index contributed by atoms with van der Waals surface area (Å²) in [5.41, 5.74) is 0.556. The van der Waals surface area contributed by atoms with E-state index in [1.54, 1.807) is 24.3 Å². The molecule has 0 saturated carbocycles. The second-order valence-corrected chi connectivity index (χ2v) is 9.33. The first-order valence-electron chi connectivity index (χ1n) is 10.6. The summed E-state index contributed by atoms with van der Waals surface area (Å²) in [6, 6.07) is 24.2. The number of ether oxygens (including phenoxy) is 2. The summed E-state index contributed by atoms with van der Waals surface area (Å²) in [6.45, 7) is 3.94. The van der Waals surface area contributed by atoms with E-state index in [0.717, 1.165) is 15.6 Å². The molecule has 0 amide bonds. The summed E-state index contributed by atoms with van der Waals surface area (Å²) in [7, 11) is 0. The average Bonchev–Trinajstić information content (AvgIpc) is 3.20. The fourth-order valence-corrected chi connectivity index (χ4v) is 5.13. The maximum absolute atomic E-state index is 13.3. The average molecular weight is 476 g/mol. The van der Waals surface area contributed by atoms with Gasteiger partial charge in [0.05, 0.1) is 5.92 Å². The molecule has 4 nitrogen and oxygen atoms in total. The Morgan fingerprint density at radius 1 is 1.00 bits per heavy atom. The van der Waals surface area contributed by atoms with Gasteiger partial charge in [0.15, 0.2) is 0 Å². The summed E-state index contributed by atoms with van der Waals surface area (Å²) in [5, 5.41) is 14.4. The van der Waals surface area contributed by atoms with Gasteiger partial charge in [-0.3, -0.25) is 4.79 Å². The first-order chi connectivity index (χ1) is 16.0. The lowest BCUT2D eigenvalue weighted by Gasteiger charge is -2.21. The van der Waals surface area contributed by atoms with Crippen LogP contribution in [-0.2, 0) is 9.53 Å². The van der Waals surface area contributed by atoms with E-state index in [-0.39, 0.29) is 5.92 Å². The number of para-hydroxylation sites is 1. The van der Waals surface area contributed by atoms with Crippen molar-refractivity contribution < 1.29 is 14.3 Å². The topological polar surface area (TPSA) is 59.3 Å². The SMILES string of the molecule is CC(C)C(C(=O)OC(C#N)c1cccc(Oc2ccccc2)c1)c1scc2ccc(Cl)cc12. The zero-order valence-electron chi connectivity index (χ0n) is 18.2. The second-order valence-electron chi connectivity index (χ2n) is 7.99. The fourth-order valence-electron chi connectivity index (χ4n) is 3.68. The van der Waals surface area contributed by atoms with Gasteiger partial charge in [0.2, 0.25) is 6.10 Å². The Bertz CT molecular complexity index is 1310. The van der Waals surface area contributed by atoms with Crippen LogP contribution in [0, 0.1) is 17.2 Å². The highest BCUT2D eigenvalue weighted by Crippen LogP contribution is 2.39. The molecule has 0 aliphatic rings. The number of esters is 1. The van der Waals surface area contributed by atoms with Crippen LogP contribution in [-0.4, -0.2) is 5.97 Å². The number of hydrogen-bond donors (Lipinski definition) is 0. The van der Waals surface area contributed by atoms with Crippen molar-refractivity contribution in [2.75, 3.05) is 0 Å². The number of carbonyl (C=O) groups is 1. The van der Waals surface area contributed by atoms with Crippen LogP contribution in [0.15, 0.2) is 78.2 Å². The standard InChI is InChI=1S/C27H22ClNO3S/c1-17(2)25(26-23-14-20(28)12-11-19(23)16-33-26)27(30)32-24(15-29)18-7-6-10-22(13-18)31-21-8-4-3-5-9-21/h3-14,16-17,24-25H,1-2H3. The third-order valence-electron chi connectivity index (χ3n) is 5.29. The Hall–Kier alpha value is -3.33. The molecule has 1 aromatic heterocycles. The van der Waals surface area contributed by atoms with E-state index in [2.05, 4.69) is 6.07 Å². The van der Waals surface area contributed by atoms with Gasteiger partial charge in [0.25, 0.3) is 0 Å². The van der Waals surface area contributed by atoms with Crippen LogP contribution in [0.1, 0.15) is 36.3 Å². The molecule has 33 heavy (non-hydrogen) atoms. The summed E-state index contributed by atoms with van der Waals surface area (Å²) < 4.78 is 11.6. The van der Waals surface area contributed by atoms with E-state index in [1.807, 2.05) is 67.8 Å². The Morgan fingerprint density at radius 3 is 2.48 bits per heavy atom. The predicted octanol–water partition coefficient (Wildman–Crippen LogP) is 7.89. The zero-order valence-corrected chi connectivity index (χ0v) is 19.8. The zero-order chi connectivity index (χ0) is 23.4. The van der Waals surface area contributed by atoms with Crippen LogP contribution in [0.5, 0.6) is 11.5 Å². The lowest BCUT2D eigenvalue weighted by molar-refractivity contribution is -0.149. The largest absolute Gasteiger partial charge is 0.457 e. The first-order valence-corrected chi connectivity index (χ1v) is 11.8. The van der Waals surface area contributed by atoms with Crippen molar-refractivity contribution in [3.05, 3.63) is 93.6 Å². The normalized spacial score (nSPS) is 12.8. The minimum atomic E-state index is -1.05.